The molecule has 1 aromatic heterocycles. The smallest absolute Gasteiger partial charge is 0.412 e. The molecule has 4 N–H and O–H groups in total. The summed E-state index contributed by atoms with van der Waals surface area (Å²) in [5.41, 5.74) is 6.75. The lowest BCUT2D eigenvalue weighted by molar-refractivity contribution is 0.0596. The van der Waals surface area contributed by atoms with Crippen LogP contribution in [0.1, 0.15) is 69.2 Å². The average Bonchev–Trinajstić information content (AvgIpc) is 3.13. The molecular weight excluding hydrogens is 420 g/mol. The monoisotopic (exact) mass is 454 g/mol. The van der Waals surface area contributed by atoms with Gasteiger partial charge in [-0.3, -0.25) is 5.32 Å². The number of carbonyl (C=O) groups is 3. The largest absolute Gasteiger partial charge is 0.478 e. The normalized spacial score (nSPS) is 9.29. The fourth-order valence-electron chi connectivity index (χ4n) is 1.69. The molecule has 0 unspecified atom stereocenters. The summed E-state index contributed by atoms with van der Waals surface area (Å²) in [6.07, 6.45) is -0.484. The van der Waals surface area contributed by atoms with Crippen molar-refractivity contribution in [1.82, 2.24) is 0 Å². The van der Waals surface area contributed by atoms with E-state index in [9.17, 15) is 14.4 Å². The average molecular weight is 455 g/mol. The van der Waals surface area contributed by atoms with E-state index in [0.29, 0.717) is 16.9 Å². The molecule has 9 heteroatoms. The summed E-state index contributed by atoms with van der Waals surface area (Å²) in [5.74, 6) is -1.49. The van der Waals surface area contributed by atoms with E-state index in [0.717, 1.165) is 0 Å². The Hall–Kier alpha value is -3.07. The molecule has 0 saturated heterocycles. The molecule has 2 rings (SSSR count). The van der Waals surface area contributed by atoms with Crippen LogP contribution < -0.4 is 11.1 Å². The van der Waals surface area contributed by atoms with Crippen molar-refractivity contribution in [3.63, 3.8) is 0 Å². The van der Waals surface area contributed by atoms with E-state index < -0.39 is 23.6 Å². The molecule has 0 bridgehead atoms. The molecule has 174 valence electrons. The van der Waals surface area contributed by atoms with Crippen LogP contribution in [0.4, 0.5) is 16.2 Å². The number of thiophene rings is 1. The first-order valence-corrected chi connectivity index (χ1v) is 10.7. The van der Waals surface area contributed by atoms with Crippen molar-refractivity contribution >= 4 is 40.7 Å². The summed E-state index contributed by atoms with van der Waals surface area (Å²) < 4.78 is 9.52. The Morgan fingerprint density at radius 3 is 1.81 bits per heavy atom. The number of nitrogens with one attached hydrogen (secondary N) is 1. The molecule has 1 amide bonds. The minimum Gasteiger partial charge on any atom is -0.478 e. The summed E-state index contributed by atoms with van der Waals surface area (Å²) in [6.45, 7) is 13.4. The summed E-state index contributed by atoms with van der Waals surface area (Å²) >= 11 is 1.43. The van der Waals surface area contributed by atoms with E-state index in [1.54, 1.807) is 10.8 Å². The first kappa shape index (κ1) is 30.1. The minimum absolute atomic E-state index is 0.146. The van der Waals surface area contributed by atoms with Gasteiger partial charge < -0.3 is 20.3 Å². The highest BCUT2D eigenvalue weighted by Crippen LogP contribution is 2.23. The molecule has 0 aliphatic rings. The Kier molecular flexibility index (Phi) is 15.3. The van der Waals surface area contributed by atoms with Gasteiger partial charge in [0.25, 0.3) is 0 Å². The first-order valence-electron chi connectivity index (χ1n) is 9.77. The maximum absolute atomic E-state index is 11.3. The summed E-state index contributed by atoms with van der Waals surface area (Å²) in [4.78, 5) is 32.7. The van der Waals surface area contributed by atoms with E-state index in [-0.39, 0.29) is 5.56 Å². The summed E-state index contributed by atoms with van der Waals surface area (Å²) in [5, 5.41) is 14.6. The van der Waals surface area contributed by atoms with Gasteiger partial charge in [0.05, 0.1) is 29.6 Å². The van der Waals surface area contributed by atoms with Gasteiger partial charge in [0.2, 0.25) is 0 Å². The zero-order valence-electron chi connectivity index (χ0n) is 19.4. The van der Waals surface area contributed by atoms with E-state index in [1.165, 1.54) is 42.7 Å². The maximum Gasteiger partial charge on any atom is 0.412 e. The Labute approximate surface area is 188 Å². The predicted octanol–water partition coefficient (Wildman–Crippen LogP) is 5.90. The Morgan fingerprint density at radius 2 is 1.45 bits per heavy atom. The number of anilines is 2. The number of hydrogen-bond acceptors (Lipinski definition) is 7. The molecular formula is C22H34N2O6S. The number of carboxylic acid groups (broad SMARTS) is 1. The second kappa shape index (κ2) is 15.7. The van der Waals surface area contributed by atoms with Crippen LogP contribution in [0, 0.1) is 0 Å². The minimum atomic E-state index is -1.02. The Balaban J connectivity index is 0. The highest BCUT2D eigenvalue weighted by Gasteiger charge is 2.16. The van der Waals surface area contributed by atoms with E-state index in [1.807, 2.05) is 48.5 Å². The molecule has 0 saturated carbocycles. The Bertz CT molecular complexity index is 795. The second-order valence-corrected chi connectivity index (χ2v) is 6.99. The van der Waals surface area contributed by atoms with Crippen LogP contribution in [0.3, 0.4) is 0 Å². The van der Waals surface area contributed by atoms with Crippen molar-refractivity contribution in [2.75, 3.05) is 18.2 Å². The van der Waals surface area contributed by atoms with Gasteiger partial charge >= 0.3 is 18.0 Å². The maximum atomic E-state index is 11.3. The third kappa shape index (κ3) is 13.0. The number of aromatic carboxylic acids is 1. The summed E-state index contributed by atoms with van der Waals surface area (Å²) in [7, 11) is 1.27. The number of ether oxygens (including phenoxy) is 2. The quantitative estimate of drug-likeness (QED) is 0.492. The number of rotatable bonds is 3. The molecule has 2 aromatic rings. The number of nitrogens with two attached hydrogens (primary N) is 1. The van der Waals surface area contributed by atoms with Crippen LogP contribution in [-0.2, 0) is 9.47 Å². The molecule has 0 radical (unpaired) electrons. The van der Waals surface area contributed by atoms with Crippen molar-refractivity contribution in [2.24, 2.45) is 0 Å². The van der Waals surface area contributed by atoms with Gasteiger partial charge in [-0.1, -0.05) is 27.7 Å². The number of benzene rings is 1. The third-order valence-corrected chi connectivity index (χ3v) is 3.64. The second-order valence-electron chi connectivity index (χ2n) is 6.24. The third-order valence-electron chi connectivity index (χ3n) is 2.88. The number of carboxylic acids is 1. The van der Waals surface area contributed by atoms with Crippen LogP contribution >= 0.6 is 11.3 Å². The predicted molar refractivity (Wildman–Crippen MR) is 126 cm³/mol. The lowest BCUT2D eigenvalue weighted by Gasteiger charge is -2.19. The lowest BCUT2D eigenvalue weighted by Crippen LogP contribution is -2.27. The van der Waals surface area contributed by atoms with Crippen LogP contribution in [0.5, 0.6) is 0 Å². The van der Waals surface area contributed by atoms with Gasteiger partial charge in [-0.05, 0) is 45.0 Å². The van der Waals surface area contributed by atoms with Crippen LogP contribution in [0.25, 0.3) is 0 Å². The molecule has 8 nitrogen and oxygen atoms in total. The molecule has 0 spiro atoms. The van der Waals surface area contributed by atoms with Crippen molar-refractivity contribution in [2.45, 2.75) is 54.1 Å². The first-order chi connectivity index (χ1) is 14.5. The van der Waals surface area contributed by atoms with Gasteiger partial charge in [-0.15, -0.1) is 11.3 Å². The van der Waals surface area contributed by atoms with Gasteiger partial charge in [0, 0.05) is 10.8 Å². The fourth-order valence-corrected chi connectivity index (χ4v) is 2.36. The van der Waals surface area contributed by atoms with Crippen molar-refractivity contribution in [3.05, 3.63) is 46.2 Å². The van der Waals surface area contributed by atoms with Crippen molar-refractivity contribution in [3.8, 4) is 0 Å². The van der Waals surface area contributed by atoms with Gasteiger partial charge in [-0.2, -0.15) is 0 Å². The number of esters is 1. The van der Waals surface area contributed by atoms with Gasteiger partial charge in [0.1, 0.15) is 5.60 Å². The van der Waals surface area contributed by atoms with Crippen molar-refractivity contribution in [1.29, 1.82) is 0 Å². The number of methoxy groups -OCH3 is 1. The summed E-state index contributed by atoms with van der Waals surface area (Å²) in [6, 6.07) is 5.54. The lowest BCUT2D eigenvalue weighted by atomic mass is 10.1. The van der Waals surface area contributed by atoms with E-state index in [2.05, 4.69) is 10.1 Å². The molecule has 0 aliphatic heterocycles. The van der Waals surface area contributed by atoms with Crippen LogP contribution in [0.15, 0.2) is 35.0 Å². The number of carbonyl (C=O) groups excluding carboxylic acids is 2. The highest BCUT2D eigenvalue weighted by molar-refractivity contribution is 7.09. The number of nitrogen functional groups attached to an aromatic ring is 1. The molecule has 0 fully saturated rings. The zero-order chi connectivity index (χ0) is 24.6. The van der Waals surface area contributed by atoms with E-state index >= 15 is 0 Å². The van der Waals surface area contributed by atoms with Crippen LogP contribution in [0.2, 0.25) is 0 Å². The van der Waals surface area contributed by atoms with Crippen molar-refractivity contribution < 1.29 is 29.0 Å². The zero-order valence-corrected chi connectivity index (χ0v) is 20.3. The number of hydrogen-bond donors (Lipinski definition) is 3. The molecule has 0 aliphatic carbocycles. The van der Waals surface area contributed by atoms with Gasteiger partial charge in [0.15, 0.2) is 0 Å². The molecule has 31 heavy (non-hydrogen) atoms. The molecule has 1 aromatic carbocycles. The van der Waals surface area contributed by atoms with Crippen LogP contribution in [-0.4, -0.2) is 35.8 Å². The fraction of sp³-hybridized carbons (Fsp3) is 0.409. The number of amides is 1. The molecule has 1 heterocycles. The standard InChI is InChI=1S/C9H14N2O2S.C9H8O4.2C2H6/c1-9(2,3)13-8(12)11-7-5-14-4-6(7)10;1-13-9(12)7-4-2-6(3-5-7)8(10)11;2*1-2/h4-5H,10H2,1-3H3,(H,11,12);2-5H,1H3,(H,10,11);2*1-2H3. The Morgan fingerprint density at radius 1 is 0.968 bits per heavy atom. The SMILES string of the molecule is CC.CC.CC(C)(C)OC(=O)Nc1cscc1N.COC(=O)c1ccc(C(=O)O)cc1. The molecule has 0 atom stereocenters. The highest BCUT2D eigenvalue weighted by atomic mass is 32.1. The van der Waals surface area contributed by atoms with E-state index in [4.69, 9.17) is 15.6 Å². The van der Waals surface area contributed by atoms with Gasteiger partial charge in [-0.25, -0.2) is 14.4 Å². The topological polar surface area (TPSA) is 128 Å².